The lowest BCUT2D eigenvalue weighted by molar-refractivity contribution is -0.128. The summed E-state index contributed by atoms with van der Waals surface area (Å²) in [5, 5.41) is 3.92. The molecule has 3 aromatic carbocycles. The number of hydrogen-bond donors (Lipinski definition) is 1. The monoisotopic (exact) mass is 553 g/mol. The van der Waals surface area contributed by atoms with Crippen LogP contribution in [0.4, 0.5) is 0 Å². The molecule has 1 atom stereocenters. The Kier molecular flexibility index (Phi) is 8.41. The Morgan fingerprint density at radius 1 is 1.00 bits per heavy atom. The second kappa shape index (κ2) is 12.5. The van der Waals surface area contributed by atoms with E-state index in [0.717, 1.165) is 16.7 Å². The minimum absolute atomic E-state index is 0.0997. The maximum atomic E-state index is 12.6. The quantitative estimate of drug-likeness (QED) is 0.163. The number of amides is 2. The number of ether oxygens (including phenoxy) is 1. The number of hydrazone groups is 1. The van der Waals surface area contributed by atoms with E-state index in [4.69, 9.17) is 9.15 Å². The molecule has 0 radical (unpaired) electrons. The van der Waals surface area contributed by atoms with Crippen molar-refractivity contribution in [1.29, 1.82) is 0 Å². The van der Waals surface area contributed by atoms with E-state index in [1.165, 1.54) is 6.21 Å². The first-order chi connectivity index (χ1) is 19.5. The Morgan fingerprint density at radius 2 is 1.73 bits per heavy atom. The molecule has 40 heavy (non-hydrogen) atoms. The van der Waals surface area contributed by atoms with Crippen molar-refractivity contribution in [3.8, 4) is 11.3 Å². The predicted octanol–water partition coefficient (Wildman–Crippen LogP) is 5.66. The van der Waals surface area contributed by atoms with Crippen LogP contribution in [0.2, 0.25) is 0 Å². The number of carbonyl (C=O) groups excluding carboxylic acids is 3. The number of rotatable bonds is 9. The fraction of sp³-hybridized carbons (Fsp3) is 0.161. The fourth-order valence-electron chi connectivity index (χ4n) is 4.26. The molecule has 2 amide bonds. The molecule has 0 saturated carbocycles. The van der Waals surface area contributed by atoms with E-state index in [-0.39, 0.29) is 23.2 Å². The number of nitrogens with one attached hydrogen (secondary N) is 1. The van der Waals surface area contributed by atoms with Gasteiger partial charge in [0.25, 0.3) is 5.91 Å². The van der Waals surface area contributed by atoms with E-state index in [2.05, 4.69) is 10.5 Å². The van der Waals surface area contributed by atoms with Crippen molar-refractivity contribution in [2.45, 2.75) is 18.8 Å². The van der Waals surface area contributed by atoms with E-state index >= 15 is 0 Å². The van der Waals surface area contributed by atoms with Crippen molar-refractivity contribution in [2.75, 3.05) is 12.4 Å². The Balaban J connectivity index is 1.17. The lowest BCUT2D eigenvalue weighted by atomic mass is 10.1. The summed E-state index contributed by atoms with van der Waals surface area (Å²) in [5.41, 5.74) is 6.27. The normalized spacial score (nSPS) is 15.0. The first kappa shape index (κ1) is 27.0. The van der Waals surface area contributed by atoms with Crippen molar-refractivity contribution in [1.82, 2.24) is 10.3 Å². The van der Waals surface area contributed by atoms with Crippen LogP contribution in [-0.4, -0.2) is 41.3 Å². The van der Waals surface area contributed by atoms with Gasteiger partial charge >= 0.3 is 5.97 Å². The SMILES string of the molecule is CCOC(=O)c1ccc(-c2ccc(/C=N\NC(=O)c3ccc([C@H]4SCC(=O)N4Cc4ccccc4)cc3)o2)cc1. The lowest BCUT2D eigenvalue weighted by Gasteiger charge is -2.24. The van der Waals surface area contributed by atoms with Gasteiger partial charge < -0.3 is 14.1 Å². The zero-order valence-electron chi connectivity index (χ0n) is 21.8. The molecule has 8 nitrogen and oxygen atoms in total. The minimum atomic E-state index is -0.371. The molecule has 9 heteroatoms. The number of thioether (sulfide) groups is 1. The molecule has 202 valence electrons. The number of carbonyl (C=O) groups is 3. The summed E-state index contributed by atoms with van der Waals surface area (Å²) in [7, 11) is 0. The summed E-state index contributed by atoms with van der Waals surface area (Å²) < 4.78 is 10.8. The largest absolute Gasteiger partial charge is 0.462 e. The summed E-state index contributed by atoms with van der Waals surface area (Å²) in [4.78, 5) is 38.8. The summed E-state index contributed by atoms with van der Waals surface area (Å²) in [6, 6.07) is 27.5. The molecular formula is C31H27N3O5S. The van der Waals surface area contributed by atoms with Gasteiger partial charge in [-0.2, -0.15) is 5.10 Å². The third kappa shape index (κ3) is 6.32. The van der Waals surface area contributed by atoms with Crippen molar-refractivity contribution < 1.29 is 23.5 Å². The second-order valence-corrected chi connectivity index (χ2v) is 10.1. The molecule has 0 unspecified atom stereocenters. The van der Waals surface area contributed by atoms with Crippen molar-refractivity contribution in [3.63, 3.8) is 0 Å². The summed E-state index contributed by atoms with van der Waals surface area (Å²) in [5.74, 6) is 0.862. The highest BCUT2D eigenvalue weighted by Crippen LogP contribution is 2.39. The van der Waals surface area contributed by atoms with E-state index in [9.17, 15) is 14.4 Å². The van der Waals surface area contributed by atoms with E-state index < -0.39 is 0 Å². The topological polar surface area (TPSA) is 101 Å². The van der Waals surface area contributed by atoms with Crippen molar-refractivity contribution in [3.05, 3.63) is 119 Å². The number of nitrogens with zero attached hydrogens (tertiary/aromatic N) is 2. The van der Waals surface area contributed by atoms with Crippen LogP contribution in [0, 0.1) is 0 Å². The molecule has 0 aliphatic carbocycles. The maximum absolute atomic E-state index is 12.6. The molecule has 1 saturated heterocycles. The summed E-state index contributed by atoms with van der Waals surface area (Å²) in [6.45, 7) is 2.62. The molecule has 1 N–H and O–H groups in total. The van der Waals surface area contributed by atoms with Gasteiger partial charge in [-0.25, -0.2) is 10.2 Å². The number of furan rings is 1. The van der Waals surface area contributed by atoms with Gasteiger partial charge in [0, 0.05) is 17.7 Å². The van der Waals surface area contributed by atoms with Crippen molar-refractivity contribution >= 4 is 35.8 Å². The van der Waals surface area contributed by atoms with E-state index in [0.29, 0.717) is 41.6 Å². The second-order valence-electron chi connectivity index (χ2n) is 8.99. The third-order valence-electron chi connectivity index (χ3n) is 6.29. The first-order valence-corrected chi connectivity index (χ1v) is 13.8. The van der Waals surface area contributed by atoms with Gasteiger partial charge in [-0.3, -0.25) is 9.59 Å². The Labute approximate surface area is 236 Å². The maximum Gasteiger partial charge on any atom is 0.338 e. The average molecular weight is 554 g/mol. The molecule has 0 bridgehead atoms. The highest BCUT2D eigenvalue weighted by atomic mass is 32.2. The van der Waals surface area contributed by atoms with Crippen LogP contribution in [0.3, 0.4) is 0 Å². The molecule has 4 aromatic rings. The third-order valence-corrected chi connectivity index (χ3v) is 7.54. The highest BCUT2D eigenvalue weighted by Gasteiger charge is 2.32. The predicted molar refractivity (Wildman–Crippen MR) is 154 cm³/mol. The zero-order valence-corrected chi connectivity index (χ0v) is 22.6. The molecule has 1 fully saturated rings. The highest BCUT2D eigenvalue weighted by molar-refractivity contribution is 8.00. The van der Waals surface area contributed by atoms with Gasteiger partial charge in [0.05, 0.1) is 24.1 Å². The van der Waals surface area contributed by atoms with Crippen LogP contribution < -0.4 is 5.43 Å². The van der Waals surface area contributed by atoms with E-state index in [1.54, 1.807) is 67.2 Å². The fourth-order valence-corrected chi connectivity index (χ4v) is 5.45. The first-order valence-electron chi connectivity index (χ1n) is 12.8. The van der Waals surface area contributed by atoms with Crippen molar-refractivity contribution in [2.24, 2.45) is 5.10 Å². The van der Waals surface area contributed by atoms with Gasteiger partial charge in [0.15, 0.2) is 0 Å². The van der Waals surface area contributed by atoms with Gasteiger partial charge in [-0.15, -0.1) is 11.8 Å². The molecule has 1 aliphatic rings. The molecular weight excluding hydrogens is 526 g/mol. The van der Waals surface area contributed by atoms with Crippen LogP contribution in [0.15, 0.2) is 101 Å². The minimum Gasteiger partial charge on any atom is -0.462 e. The molecule has 5 rings (SSSR count). The van der Waals surface area contributed by atoms with Crippen LogP contribution in [-0.2, 0) is 16.1 Å². The molecule has 0 spiro atoms. The van der Waals surface area contributed by atoms with Crippen LogP contribution >= 0.6 is 11.8 Å². The zero-order chi connectivity index (χ0) is 27.9. The Morgan fingerprint density at radius 3 is 2.45 bits per heavy atom. The number of esters is 1. The Bertz CT molecular complexity index is 1510. The van der Waals surface area contributed by atoms with Gasteiger partial charge in [-0.1, -0.05) is 54.6 Å². The standard InChI is InChI=1S/C31H27N3O5S/c1-2-38-31(37)25-14-8-22(9-15-25)27-17-16-26(39-27)18-32-33-29(36)23-10-12-24(13-11-23)30-34(28(35)20-40-30)19-21-6-4-3-5-7-21/h3-18,30H,2,19-20H2,1H3,(H,33,36)/b32-18-/t30-/m1/s1. The van der Waals surface area contributed by atoms with E-state index in [1.807, 2.05) is 47.4 Å². The van der Waals surface area contributed by atoms with Gasteiger partial charge in [-0.05, 0) is 54.4 Å². The summed E-state index contributed by atoms with van der Waals surface area (Å²) in [6.07, 6.45) is 1.42. The van der Waals surface area contributed by atoms with Crippen LogP contribution in [0.5, 0.6) is 0 Å². The number of hydrogen-bond acceptors (Lipinski definition) is 7. The average Bonchev–Trinajstić information content (AvgIpc) is 3.60. The molecule has 1 aromatic heterocycles. The summed E-state index contributed by atoms with van der Waals surface area (Å²) >= 11 is 1.58. The van der Waals surface area contributed by atoms with Gasteiger partial charge in [0.1, 0.15) is 16.9 Å². The number of benzene rings is 3. The lowest BCUT2D eigenvalue weighted by Crippen LogP contribution is -2.27. The van der Waals surface area contributed by atoms with Crippen LogP contribution in [0.1, 0.15) is 49.9 Å². The molecule has 2 heterocycles. The molecule has 1 aliphatic heterocycles. The van der Waals surface area contributed by atoms with Gasteiger partial charge in [0.2, 0.25) is 5.91 Å². The smallest absolute Gasteiger partial charge is 0.338 e. The Hall–Kier alpha value is -4.63. The van der Waals surface area contributed by atoms with Crippen LogP contribution in [0.25, 0.3) is 11.3 Å².